The van der Waals surface area contributed by atoms with Gasteiger partial charge < -0.3 is 14.2 Å². The highest BCUT2D eigenvalue weighted by Crippen LogP contribution is 2.16. The predicted molar refractivity (Wildman–Crippen MR) is 334 cm³/mol. The van der Waals surface area contributed by atoms with Crippen molar-refractivity contribution < 1.29 is 28.6 Å². The van der Waals surface area contributed by atoms with Gasteiger partial charge in [-0.05, 0) is 109 Å². The number of hydrogen-bond acceptors (Lipinski definition) is 6. The minimum Gasteiger partial charge on any atom is -0.462 e. The predicted octanol–water partition coefficient (Wildman–Crippen LogP) is 22.0. The number of hydrogen-bond donors (Lipinski definition) is 0. The van der Waals surface area contributed by atoms with Crippen molar-refractivity contribution in [3.63, 3.8) is 0 Å². The summed E-state index contributed by atoms with van der Waals surface area (Å²) in [4.78, 5) is 38.3. The highest BCUT2D eigenvalue weighted by Gasteiger charge is 2.19. The van der Waals surface area contributed by atoms with Crippen molar-refractivity contribution in [2.24, 2.45) is 0 Å². The van der Waals surface area contributed by atoms with Crippen LogP contribution in [0, 0.1) is 0 Å². The number of ether oxygens (including phenoxy) is 3. The maximum Gasteiger partial charge on any atom is 0.306 e. The Bertz CT molecular complexity index is 1600. The van der Waals surface area contributed by atoms with Crippen LogP contribution in [-0.2, 0) is 28.6 Å². The molecule has 0 aromatic rings. The van der Waals surface area contributed by atoms with Gasteiger partial charge in [-0.15, -0.1) is 0 Å². The average molecular weight is 1070 g/mol. The normalized spacial score (nSPS) is 12.9. The van der Waals surface area contributed by atoms with Crippen LogP contribution >= 0.6 is 0 Å². The molecular weight excluding hydrogens is 949 g/mol. The second kappa shape index (κ2) is 64.3. The lowest BCUT2D eigenvalue weighted by atomic mass is 10.0. The lowest BCUT2D eigenvalue weighted by Crippen LogP contribution is -2.30. The molecule has 0 amide bonds. The highest BCUT2D eigenvalue weighted by atomic mass is 16.6. The average Bonchev–Trinajstić information content (AvgIpc) is 3.43. The summed E-state index contributed by atoms with van der Waals surface area (Å²) in [7, 11) is 0. The van der Waals surface area contributed by atoms with E-state index in [0.29, 0.717) is 19.3 Å². The molecule has 1 unspecified atom stereocenters. The topological polar surface area (TPSA) is 78.9 Å². The van der Waals surface area contributed by atoms with Gasteiger partial charge in [-0.1, -0.05) is 284 Å². The van der Waals surface area contributed by atoms with Crippen LogP contribution in [-0.4, -0.2) is 37.2 Å². The smallest absolute Gasteiger partial charge is 0.306 e. The first kappa shape index (κ1) is 72.8. The van der Waals surface area contributed by atoms with E-state index in [1.807, 2.05) is 0 Å². The van der Waals surface area contributed by atoms with E-state index in [4.69, 9.17) is 14.2 Å². The van der Waals surface area contributed by atoms with Gasteiger partial charge in [0.2, 0.25) is 0 Å². The summed E-state index contributed by atoms with van der Waals surface area (Å²) in [5.41, 5.74) is 0. The second-order valence-electron chi connectivity index (χ2n) is 20.9. The molecule has 6 heteroatoms. The van der Waals surface area contributed by atoms with Crippen LogP contribution in [0.4, 0.5) is 0 Å². The van der Waals surface area contributed by atoms with E-state index in [1.54, 1.807) is 0 Å². The Kier molecular flexibility index (Phi) is 60.8. The van der Waals surface area contributed by atoms with Crippen LogP contribution in [0.2, 0.25) is 0 Å². The molecule has 0 aliphatic heterocycles. The largest absolute Gasteiger partial charge is 0.462 e. The molecule has 0 aliphatic carbocycles. The molecule has 438 valence electrons. The van der Waals surface area contributed by atoms with Gasteiger partial charge >= 0.3 is 17.9 Å². The fraction of sp³-hybridized carbons (Fsp3) is 0.676. The van der Waals surface area contributed by atoms with Crippen LogP contribution in [0.15, 0.2) is 122 Å². The molecule has 0 saturated heterocycles. The number of allylic oxidation sites excluding steroid dienone is 20. The maximum atomic E-state index is 12.9. The third-order valence-electron chi connectivity index (χ3n) is 13.5. The summed E-state index contributed by atoms with van der Waals surface area (Å²) in [6.45, 7) is 6.41. The molecule has 0 aliphatic rings. The first-order valence-corrected chi connectivity index (χ1v) is 32.0. The molecule has 0 aromatic carbocycles. The summed E-state index contributed by atoms with van der Waals surface area (Å²) in [6.07, 6.45) is 89.1. The van der Waals surface area contributed by atoms with Gasteiger partial charge in [-0.2, -0.15) is 0 Å². The Morgan fingerprint density at radius 1 is 0.273 bits per heavy atom. The molecule has 0 heterocycles. The minimum atomic E-state index is -0.794. The van der Waals surface area contributed by atoms with E-state index < -0.39 is 6.10 Å². The third kappa shape index (κ3) is 62.5. The van der Waals surface area contributed by atoms with Crippen molar-refractivity contribution in [1.82, 2.24) is 0 Å². The van der Waals surface area contributed by atoms with Crippen LogP contribution < -0.4 is 0 Å². The van der Waals surface area contributed by atoms with Gasteiger partial charge in [0.05, 0.1) is 0 Å². The zero-order chi connectivity index (χ0) is 55.7. The van der Waals surface area contributed by atoms with Crippen molar-refractivity contribution in [3.05, 3.63) is 122 Å². The van der Waals surface area contributed by atoms with Gasteiger partial charge in [0, 0.05) is 19.3 Å². The maximum absolute atomic E-state index is 12.9. The quantitative estimate of drug-likeness (QED) is 0.0261. The number of carbonyl (C=O) groups excluding carboxylic acids is 3. The highest BCUT2D eigenvalue weighted by molar-refractivity contribution is 5.71. The summed E-state index contributed by atoms with van der Waals surface area (Å²) in [5, 5.41) is 0. The first-order chi connectivity index (χ1) is 38.0. The Balaban J connectivity index is 4.35. The second-order valence-corrected chi connectivity index (χ2v) is 20.9. The van der Waals surface area contributed by atoms with E-state index in [1.165, 1.54) is 103 Å². The van der Waals surface area contributed by atoms with Crippen LogP contribution in [0.25, 0.3) is 0 Å². The molecular formula is C71H118O6. The van der Waals surface area contributed by atoms with Gasteiger partial charge in [-0.3, -0.25) is 14.4 Å². The molecule has 0 saturated carbocycles. The van der Waals surface area contributed by atoms with Crippen molar-refractivity contribution in [2.75, 3.05) is 13.2 Å². The van der Waals surface area contributed by atoms with Gasteiger partial charge in [0.25, 0.3) is 0 Å². The van der Waals surface area contributed by atoms with Crippen molar-refractivity contribution in [1.29, 1.82) is 0 Å². The summed E-state index contributed by atoms with van der Waals surface area (Å²) in [5.74, 6) is -0.911. The lowest BCUT2D eigenvalue weighted by Gasteiger charge is -2.18. The Morgan fingerprint density at radius 2 is 0.506 bits per heavy atom. The minimum absolute atomic E-state index is 0.0882. The van der Waals surface area contributed by atoms with Crippen LogP contribution in [0.5, 0.6) is 0 Å². The molecule has 0 rings (SSSR count). The van der Waals surface area contributed by atoms with Crippen LogP contribution in [0.1, 0.15) is 290 Å². The fourth-order valence-electron chi connectivity index (χ4n) is 8.73. The van der Waals surface area contributed by atoms with Crippen molar-refractivity contribution in [2.45, 2.75) is 297 Å². The van der Waals surface area contributed by atoms with E-state index in [-0.39, 0.29) is 31.1 Å². The van der Waals surface area contributed by atoms with E-state index >= 15 is 0 Å². The van der Waals surface area contributed by atoms with Crippen LogP contribution in [0.3, 0.4) is 0 Å². The summed E-state index contributed by atoms with van der Waals surface area (Å²) < 4.78 is 16.9. The zero-order valence-electron chi connectivity index (χ0n) is 50.2. The fourth-order valence-corrected chi connectivity index (χ4v) is 8.73. The number of carbonyl (C=O) groups is 3. The van der Waals surface area contributed by atoms with Gasteiger partial charge in [0.15, 0.2) is 6.10 Å². The standard InChI is InChI=1S/C71H118O6/c1-4-7-10-13-16-19-22-25-28-29-30-31-32-33-34-35-36-37-38-39-40-41-44-46-49-52-55-58-61-64-70(73)76-67-68(77-71(74)65-62-59-56-53-50-47-43-27-24-21-18-15-12-9-6-3)66-75-69(72)63-60-57-54-51-48-45-42-26-23-20-17-14-11-8-5-2/h7,9-10,12,16,18-19,21,25,27-28,30-31,33-34,36-37,39-40,43,68H,4-6,8,11,13-15,17,20,22-24,26,29,32,35,38,41-42,44-67H2,1-3H3/b10-7-,12-9-,19-16-,21-18-,28-25-,31-30-,34-33-,37-36-,40-39-,43-27-. The molecule has 77 heavy (non-hydrogen) atoms. The molecule has 0 radical (unpaired) electrons. The Morgan fingerprint density at radius 3 is 0.792 bits per heavy atom. The van der Waals surface area contributed by atoms with E-state index in [2.05, 4.69) is 142 Å². The molecule has 0 N–H and O–H groups in total. The third-order valence-corrected chi connectivity index (χ3v) is 13.5. The number of esters is 3. The van der Waals surface area contributed by atoms with E-state index in [9.17, 15) is 14.4 Å². The van der Waals surface area contributed by atoms with Crippen molar-refractivity contribution >= 4 is 17.9 Å². The molecule has 0 bridgehead atoms. The molecule has 0 spiro atoms. The van der Waals surface area contributed by atoms with Crippen molar-refractivity contribution in [3.8, 4) is 0 Å². The SMILES string of the molecule is CC/C=C\C/C=C\C/C=C\C/C=C\C/C=C\C/C=C\C/C=C\CCCCCCCCCC(=O)OCC(COC(=O)CCCCCCCCCCCCCCCCC)OC(=O)CCCCCCC/C=C\C/C=C\C/C=C\CC. The summed E-state index contributed by atoms with van der Waals surface area (Å²) >= 11 is 0. The molecule has 0 aromatic heterocycles. The first-order valence-electron chi connectivity index (χ1n) is 32.0. The van der Waals surface area contributed by atoms with E-state index in [0.717, 1.165) is 148 Å². The Hall–Kier alpha value is -4.19. The number of rotatable bonds is 57. The lowest BCUT2D eigenvalue weighted by molar-refractivity contribution is -0.167. The van der Waals surface area contributed by atoms with Gasteiger partial charge in [-0.25, -0.2) is 0 Å². The summed E-state index contributed by atoms with van der Waals surface area (Å²) in [6, 6.07) is 0. The number of unbranched alkanes of at least 4 members (excludes halogenated alkanes) is 26. The Labute approximate surface area is 475 Å². The van der Waals surface area contributed by atoms with Gasteiger partial charge in [0.1, 0.15) is 13.2 Å². The zero-order valence-corrected chi connectivity index (χ0v) is 50.2. The molecule has 1 atom stereocenters. The monoisotopic (exact) mass is 1070 g/mol. The molecule has 6 nitrogen and oxygen atoms in total. The molecule has 0 fully saturated rings.